The van der Waals surface area contributed by atoms with Crippen molar-refractivity contribution in [3.63, 3.8) is 0 Å². The first-order chi connectivity index (χ1) is 14.1. The fourth-order valence-corrected chi connectivity index (χ4v) is 3.73. The minimum absolute atomic E-state index is 0.178. The van der Waals surface area contributed by atoms with Crippen molar-refractivity contribution >= 4 is 35.3 Å². The van der Waals surface area contributed by atoms with E-state index in [2.05, 4.69) is 20.8 Å². The molecule has 0 aliphatic carbocycles. The Morgan fingerprint density at radius 1 is 1.07 bits per heavy atom. The van der Waals surface area contributed by atoms with Crippen LogP contribution in [0.25, 0.3) is 11.4 Å². The van der Waals surface area contributed by atoms with E-state index in [4.69, 9.17) is 11.6 Å². The molecule has 0 atom stereocenters. The lowest BCUT2D eigenvalue weighted by Crippen LogP contribution is -2.37. The molecule has 2 aromatic carbocycles. The standard InChI is InChI=1S/C20H20ClN5O2S/c1-22-19(28)23-17(27)11-12-29-20-25-24-18(15-9-5-6-10-16(15)21)26(20)13-14-7-3-2-4-8-14/h2-10H,11-13H2,1H3,(H2,22,23,27,28). The number of thioether (sulfide) groups is 1. The summed E-state index contributed by atoms with van der Waals surface area (Å²) in [6, 6.07) is 16.9. The van der Waals surface area contributed by atoms with Crippen LogP contribution < -0.4 is 10.6 Å². The van der Waals surface area contributed by atoms with Crippen molar-refractivity contribution in [2.24, 2.45) is 0 Å². The van der Waals surface area contributed by atoms with Crippen LogP contribution in [0.1, 0.15) is 12.0 Å². The van der Waals surface area contributed by atoms with Gasteiger partial charge in [0.1, 0.15) is 0 Å². The third-order valence-corrected chi connectivity index (χ3v) is 5.35. The Kier molecular flexibility index (Phi) is 7.26. The lowest BCUT2D eigenvalue weighted by molar-refractivity contribution is -0.119. The fourth-order valence-electron chi connectivity index (χ4n) is 2.63. The maximum atomic E-state index is 11.8. The molecule has 2 N–H and O–H groups in total. The molecule has 0 fully saturated rings. The molecule has 7 nitrogen and oxygen atoms in total. The van der Waals surface area contributed by atoms with Crippen LogP contribution in [0.2, 0.25) is 5.02 Å². The van der Waals surface area contributed by atoms with E-state index in [1.165, 1.54) is 18.8 Å². The third kappa shape index (κ3) is 5.58. The average Bonchev–Trinajstić information content (AvgIpc) is 3.11. The van der Waals surface area contributed by atoms with Gasteiger partial charge in [0.15, 0.2) is 11.0 Å². The normalized spacial score (nSPS) is 10.6. The second-order valence-electron chi connectivity index (χ2n) is 6.08. The van der Waals surface area contributed by atoms with Gasteiger partial charge in [0, 0.05) is 24.8 Å². The average molecular weight is 430 g/mol. The van der Waals surface area contributed by atoms with Gasteiger partial charge in [-0.1, -0.05) is 65.8 Å². The zero-order valence-corrected chi connectivity index (χ0v) is 17.3. The predicted octanol–water partition coefficient (Wildman–Crippen LogP) is 3.58. The van der Waals surface area contributed by atoms with Crippen LogP contribution in [0.15, 0.2) is 59.8 Å². The van der Waals surface area contributed by atoms with Crippen molar-refractivity contribution in [1.29, 1.82) is 0 Å². The Labute approximate surface area is 177 Å². The summed E-state index contributed by atoms with van der Waals surface area (Å²) in [6.07, 6.45) is 0.178. The smallest absolute Gasteiger partial charge is 0.321 e. The molecule has 0 aliphatic rings. The summed E-state index contributed by atoms with van der Waals surface area (Å²) in [6.45, 7) is 0.571. The zero-order chi connectivity index (χ0) is 20.6. The van der Waals surface area contributed by atoms with Gasteiger partial charge in [-0.2, -0.15) is 0 Å². The highest BCUT2D eigenvalue weighted by Crippen LogP contribution is 2.30. The highest BCUT2D eigenvalue weighted by Gasteiger charge is 2.17. The number of aromatic nitrogens is 3. The lowest BCUT2D eigenvalue weighted by atomic mass is 10.2. The number of benzene rings is 2. The van der Waals surface area contributed by atoms with Gasteiger partial charge in [-0.05, 0) is 17.7 Å². The number of amides is 3. The largest absolute Gasteiger partial charge is 0.341 e. The van der Waals surface area contributed by atoms with Crippen molar-refractivity contribution in [1.82, 2.24) is 25.4 Å². The van der Waals surface area contributed by atoms with E-state index in [9.17, 15) is 9.59 Å². The second kappa shape index (κ2) is 10.1. The Bertz CT molecular complexity index is 994. The quantitative estimate of drug-likeness (QED) is 0.560. The molecular weight excluding hydrogens is 410 g/mol. The number of nitrogens with one attached hydrogen (secondary N) is 2. The number of urea groups is 1. The van der Waals surface area contributed by atoms with Crippen LogP contribution in [0.3, 0.4) is 0 Å². The van der Waals surface area contributed by atoms with Crippen LogP contribution in [-0.4, -0.2) is 39.5 Å². The first kappa shape index (κ1) is 20.9. The molecule has 1 aromatic heterocycles. The van der Waals surface area contributed by atoms with Gasteiger partial charge in [-0.3, -0.25) is 14.7 Å². The Morgan fingerprint density at radius 2 is 1.79 bits per heavy atom. The van der Waals surface area contributed by atoms with Gasteiger partial charge >= 0.3 is 6.03 Å². The van der Waals surface area contributed by atoms with Crippen molar-refractivity contribution in [3.05, 3.63) is 65.2 Å². The summed E-state index contributed by atoms with van der Waals surface area (Å²) in [4.78, 5) is 23.0. The number of hydrogen-bond donors (Lipinski definition) is 2. The number of nitrogens with zero attached hydrogens (tertiary/aromatic N) is 3. The van der Waals surface area contributed by atoms with Gasteiger partial charge in [-0.15, -0.1) is 10.2 Å². The molecule has 9 heteroatoms. The van der Waals surface area contributed by atoms with E-state index in [-0.39, 0.29) is 12.3 Å². The highest BCUT2D eigenvalue weighted by atomic mass is 35.5. The first-order valence-corrected chi connectivity index (χ1v) is 10.3. The molecule has 0 bridgehead atoms. The minimum atomic E-state index is -0.520. The number of halogens is 1. The van der Waals surface area contributed by atoms with Crippen LogP contribution in [0.4, 0.5) is 4.79 Å². The molecule has 29 heavy (non-hydrogen) atoms. The van der Waals surface area contributed by atoms with Crippen LogP contribution >= 0.6 is 23.4 Å². The predicted molar refractivity (Wildman–Crippen MR) is 114 cm³/mol. The lowest BCUT2D eigenvalue weighted by Gasteiger charge is -2.11. The molecule has 0 saturated heterocycles. The van der Waals surface area contributed by atoms with Crippen LogP contribution in [0.5, 0.6) is 0 Å². The molecule has 0 unspecified atom stereocenters. The summed E-state index contributed by atoms with van der Waals surface area (Å²) in [7, 11) is 1.46. The monoisotopic (exact) mass is 429 g/mol. The van der Waals surface area contributed by atoms with E-state index in [1.54, 1.807) is 0 Å². The Balaban J connectivity index is 1.80. The van der Waals surface area contributed by atoms with E-state index < -0.39 is 6.03 Å². The summed E-state index contributed by atoms with van der Waals surface area (Å²) in [5.41, 5.74) is 1.89. The molecule has 0 saturated carbocycles. The summed E-state index contributed by atoms with van der Waals surface area (Å²) < 4.78 is 1.98. The maximum absolute atomic E-state index is 11.8. The second-order valence-corrected chi connectivity index (χ2v) is 7.55. The van der Waals surface area contributed by atoms with Crippen molar-refractivity contribution in [2.75, 3.05) is 12.8 Å². The van der Waals surface area contributed by atoms with Gasteiger partial charge in [0.05, 0.1) is 11.6 Å². The van der Waals surface area contributed by atoms with Crippen molar-refractivity contribution < 1.29 is 9.59 Å². The van der Waals surface area contributed by atoms with Crippen LogP contribution in [0, 0.1) is 0 Å². The molecule has 0 aliphatic heterocycles. The topological polar surface area (TPSA) is 88.9 Å². The Morgan fingerprint density at radius 3 is 2.52 bits per heavy atom. The summed E-state index contributed by atoms with van der Waals surface area (Å²) in [5.74, 6) is 0.771. The molecule has 3 amide bonds. The number of carbonyl (C=O) groups is 2. The van der Waals surface area contributed by atoms with E-state index >= 15 is 0 Å². The molecular formula is C20H20ClN5O2S. The van der Waals surface area contributed by atoms with Crippen molar-refractivity contribution in [3.8, 4) is 11.4 Å². The van der Waals surface area contributed by atoms with Gasteiger partial charge in [0.2, 0.25) is 5.91 Å². The molecule has 3 aromatic rings. The molecule has 3 rings (SSSR count). The van der Waals surface area contributed by atoms with Gasteiger partial charge in [0.25, 0.3) is 0 Å². The molecule has 150 valence electrons. The Hall–Kier alpha value is -2.84. The molecule has 0 radical (unpaired) electrons. The number of carbonyl (C=O) groups excluding carboxylic acids is 2. The minimum Gasteiger partial charge on any atom is -0.341 e. The number of rotatable bonds is 7. The maximum Gasteiger partial charge on any atom is 0.321 e. The van der Waals surface area contributed by atoms with Gasteiger partial charge in [-0.25, -0.2) is 4.79 Å². The fraction of sp³-hybridized carbons (Fsp3) is 0.200. The SMILES string of the molecule is CNC(=O)NC(=O)CCSc1nnc(-c2ccccc2Cl)n1Cc1ccccc1. The van der Waals surface area contributed by atoms with E-state index in [0.29, 0.717) is 28.3 Å². The zero-order valence-electron chi connectivity index (χ0n) is 15.8. The first-order valence-electron chi connectivity index (χ1n) is 8.95. The molecule has 1 heterocycles. The number of imide groups is 1. The summed E-state index contributed by atoms with van der Waals surface area (Å²) in [5, 5.41) is 14.5. The van der Waals surface area contributed by atoms with E-state index in [0.717, 1.165) is 11.1 Å². The summed E-state index contributed by atoms with van der Waals surface area (Å²) >= 11 is 7.78. The van der Waals surface area contributed by atoms with Crippen LogP contribution in [-0.2, 0) is 11.3 Å². The highest BCUT2D eigenvalue weighted by molar-refractivity contribution is 7.99. The third-order valence-electron chi connectivity index (χ3n) is 4.06. The molecule has 0 spiro atoms. The van der Waals surface area contributed by atoms with Gasteiger partial charge < -0.3 is 5.32 Å². The van der Waals surface area contributed by atoms with Crippen molar-refractivity contribution in [2.45, 2.75) is 18.1 Å². The number of hydrogen-bond acceptors (Lipinski definition) is 5. The van der Waals surface area contributed by atoms with E-state index in [1.807, 2.05) is 59.2 Å².